The van der Waals surface area contributed by atoms with Gasteiger partial charge in [0.25, 0.3) is 0 Å². The lowest BCUT2D eigenvalue weighted by molar-refractivity contribution is -0.118. The second-order valence-corrected chi connectivity index (χ2v) is 8.84. The summed E-state index contributed by atoms with van der Waals surface area (Å²) in [5.74, 6) is 1.32. The van der Waals surface area contributed by atoms with Crippen LogP contribution < -0.4 is 20.1 Å². The Morgan fingerprint density at radius 2 is 1.67 bits per heavy atom. The number of rotatable bonds is 5. The van der Waals surface area contributed by atoms with Gasteiger partial charge in [0.2, 0.25) is 18.6 Å². The number of hydrogen-bond acceptors (Lipinski definition) is 4. The van der Waals surface area contributed by atoms with Gasteiger partial charge < -0.3 is 20.1 Å². The summed E-state index contributed by atoms with van der Waals surface area (Å²) < 4.78 is 10.9. The number of anilines is 2. The van der Waals surface area contributed by atoms with E-state index in [4.69, 9.17) is 9.47 Å². The molecule has 33 heavy (non-hydrogen) atoms. The van der Waals surface area contributed by atoms with Crippen LogP contribution in [0.1, 0.15) is 37.9 Å². The number of benzene rings is 3. The third-order valence-corrected chi connectivity index (χ3v) is 6.45. The van der Waals surface area contributed by atoms with E-state index in [1.807, 2.05) is 68.4 Å². The van der Waals surface area contributed by atoms with Gasteiger partial charge in [-0.15, -0.1) is 0 Å². The molecule has 2 amide bonds. The molecule has 1 aliphatic heterocycles. The summed E-state index contributed by atoms with van der Waals surface area (Å²) in [5.41, 5.74) is 6.16. The molecule has 0 spiro atoms. The maximum absolute atomic E-state index is 13.3. The Morgan fingerprint density at radius 3 is 2.39 bits per heavy atom. The molecule has 1 heterocycles. The summed E-state index contributed by atoms with van der Waals surface area (Å²) in [4.78, 5) is 24.7. The van der Waals surface area contributed by atoms with Gasteiger partial charge in [-0.2, -0.15) is 0 Å². The lowest BCUT2D eigenvalue weighted by Gasteiger charge is -2.18. The van der Waals surface area contributed by atoms with E-state index < -0.39 is 5.41 Å². The first-order valence-electron chi connectivity index (χ1n) is 11.1. The van der Waals surface area contributed by atoms with Crippen LogP contribution in [0.25, 0.3) is 11.1 Å². The highest BCUT2D eigenvalue weighted by atomic mass is 16.7. The van der Waals surface area contributed by atoms with Crippen LogP contribution in [0.3, 0.4) is 0 Å². The Bertz CT molecular complexity index is 1280. The highest BCUT2D eigenvalue weighted by Gasteiger charge is 2.51. The fraction of sp³-hybridized carbons (Fsp3) is 0.259. The normalized spacial score (nSPS) is 15.1. The number of aryl methyl sites for hydroxylation is 2. The molecule has 1 fully saturated rings. The SMILES string of the molecule is CC(=O)Nc1ccc(-c2cc(NC(=O)C3(c4ccc5c(c4)OCO5)CC3)ccc2C)cc1C.[HH]. The molecule has 1 aliphatic carbocycles. The molecule has 0 saturated heterocycles. The van der Waals surface area contributed by atoms with Gasteiger partial charge in [-0.1, -0.05) is 18.2 Å². The van der Waals surface area contributed by atoms with Crippen molar-refractivity contribution in [3.63, 3.8) is 0 Å². The van der Waals surface area contributed by atoms with Gasteiger partial charge in [-0.05, 0) is 90.9 Å². The van der Waals surface area contributed by atoms with Crippen molar-refractivity contribution >= 4 is 23.2 Å². The van der Waals surface area contributed by atoms with E-state index in [0.717, 1.165) is 57.8 Å². The Kier molecular flexibility index (Phi) is 5.08. The van der Waals surface area contributed by atoms with Crippen LogP contribution in [0, 0.1) is 13.8 Å². The Hall–Kier alpha value is -3.80. The lowest BCUT2D eigenvalue weighted by atomic mass is 9.94. The van der Waals surface area contributed by atoms with Crippen molar-refractivity contribution in [1.29, 1.82) is 0 Å². The number of nitrogens with one attached hydrogen (secondary N) is 2. The van der Waals surface area contributed by atoms with E-state index in [0.29, 0.717) is 5.75 Å². The molecule has 3 aromatic carbocycles. The second kappa shape index (κ2) is 7.96. The van der Waals surface area contributed by atoms with Gasteiger partial charge in [0.15, 0.2) is 11.5 Å². The van der Waals surface area contributed by atoms with Crippen molar-refractivity contribution in [2.24, 2.45) is 0 Å². The van der Waals surface area contributed by atoms with Gasteiger partial charge in [-0.3, -0.25) is 9.59 Å². The summed E-state index contributed by atoms with van der Waals surface area (Å²) in [6.07, 6.45) is 1.61. The number of carbonyl (C=O) groups excluding carboxylic acids is 2. The smallest absolute Gasteiger partial charge is 0.235 e. The molecule has 0 radical (unpaired) electrons. The van der Waals surface area contributed by atoms with E-state index in [1.165, 1.54) is 6.92 Å². The topological polar surface area (TPSA) is 76.7 Å². The number of ether oxygens (including phenoxy) is 2. The van der Waals surface area contributed by atoms with Crippen LogP contribution in [-0.2, 0) is 15.0 Å². The van der Waals surface area contributed by atoms with Crippen molar-refractivity contribution in [2.45, 2.75) is 39.0 Å². The monoisotopic (exact) mass is 444 g/mol. The van der Waals surface area contributed by atoms with Crippen molar-refractivity contribution < 1.29 is 20.5 Å². The molecule has 2 N–H and O–H groups in total. The van der Waals surface area contributed by atoms with Crippen molar-refractivity contribution in [3.8, 4) is 22.6 Å². The van der Waals surface area contributed by atoms with Crippen LogP contribution in [0.5, 0.6) is 11.5 Å². The van der Waals surface area contributed by atoms with Crippen LogP contribution in [-0.4, -0.2) is 18.6 Å². The predicted octanol–water partition coefficient (Wildman–Crippen LogP) is 5.57. The van der Waals surface area contributed by atoms with E-state index in [2.05, 4.69) is 10.6 Å². The maximum Gasteiger partial charge on any atom is 0.235 e. The predicted molar refractivity (Wildman–Crippen MR) is 130 cm³/mol. The maximum atomic E-state index is 13.3. The molecular weight excluding hydrogens is 416 g/mol. The first-order chi connectivity index (χ1) is 15.9. The summed E-state index contributed by atoms with van der Waals surface area (Å²) in [6.45, 7) is 5.74. The summed E-state index contributed by atoms with van der Waals surface area (Å²) in [6, 6.07) is 17.7. The van der Waals surface area contributed by atoms with Gasteiger partial charge in [-0.25, -0.2) is 0 Å². The van der Waals surface area contributed by atoms with E-state index in [9.17, 15) is 9.59 Å². The van der Waals surface area contributed by atoms with Crippen molar-refractivity contribution in [2.75, 3.05) is 17.4 Å². The first kappa shape index (κ1) is 21.1. The number of carbonyl (C=O) groups is 2. The molecule has 2 aliphatic rings. The number of hydrogen-bond donors (Lipinski definition) is 2. The average molecular weight is 445 g/mol. The zero-order valence-corrected chi connectivity index (χ0v) is 19.0. The van der Waals surface area contributed by atoms with Gasteiger partial charge in [0.1, 0.15) is 0 Å². The molecule has 170 valence electrons. The molecule has 1 saturated carbocycles. The van der Waals surface area contributed by atoms with Crippen molar-refractivity contribution in [1.82, 2.24) is 0 Å². The third kappa shape index (κ3) is 3.93. The molecule has 0 atom stereocenters. The summed E-state index contributed by atoms with van der Waals surface area (Å²) in [5, 5.41) is 5.98. The fourth-order valence-corrected chi connectivity index (χ4v) is 4.39. The molecule has 5 rings (SSSR count). The molecule has 3 aromatic rings. The summed E-state index contributed by atoms with van der Waals surface area (Å²) in [7, 11) is 0. The largest absolute Gasteiger partial charge is 0.454 e. The van der Waals surface area contributed by atoms with E-state index in [-0.39, 0.29) is 20.0 Å². The minimum Gasteiger partial charge on any atom is -0.454 e. The molecular formula is C27H28N2O4. The highest BCUT2D eigenvalue weighted by molar-refractivity contribution is 6.02. The van der Waals surface area contributed by atoms with Crippen LogP contribution in [0.15, 0.2) is 54.6 Å². The zero-order valence-electron chi connectivity index (χ0n) is 19.0. The van der Waals surface area contributed by atoms with Crippen LogP contribution in [0.2, 0.25) is 0 Å². The van der Waals surface area contributed by atoms with Gasteiger partial charge >= 0.3 is 0 Å². The van der Waals surface area contributed by atoms with Crippen LogP contribution in [0.4, 0.5) is 11.4 Å². The van der Waals surface area contributed by atoms with Crippen molar-refractivity contribution in [3.05, 3.63) is 71.3 Å². The summed E-state index contributed by atoms with van der Waals surface area (Å²) >= 11 is 0. The van der Waals surface area contributed by atoms with E-state index >= 15 is 0 Å². The molecule has 0 aromatic heterocycles. The second-order valence-electron chi connectivity index (χ2n) is 8.84. The van der Waals surface area contributed by atoms with Gasteiger partial charge in [0.05, 0.1) is 5.41 Å². The number of fused-ring (bicyclic) bond motifs is 1. The lowest BCUT2D eigenvalue weighted by Crippen LogP contribution is -2.27. The molecule has 0 bridgehead atoms. The zero-order chi connectivity index (χ0) is 23.2. The standard InChI is InChI=1S/C27H26N2O4.H2/c1-16-4-7-21(14-22(16)19-5-8-23(17(2)12-19)28-18(3)30)29-26(31)27(10-11-27)20-6-9-24-25(13-20)33-15-32-24;/h4-9,12-14H,10-11,15H2,1-3H3,(H,28,30)(H,29,31);1H. The third-order valence-electron chi connectivity index (χ3n) is 6.45. The molecule has 6 nitrogen and oxygen atoms in total. The quantitative estimate of drug-likeness (QED) is 0.539. The first-order valence-corrected chi connectivity index (χ1v) is 11.1. The molecule has 0 unspecified atom stereocenters. The number of amides is 2. The Labute approximate surface area is 194 Å². The minimum atomic E-state index is -0.525. The Morgan fingerprint density at radius 1 is 0.879 bits per heavy atom. The van der Waals surface area contributed by atoms with Gasteiger partial charge in [0, 0.05) is 19.7 Å². The highest BCUT2D eigenvalue weighted by Crippen LogP contribution is 2.51. The van der Waals surface area contributed by atoms with Crippen LogP contribution >= 0.6 is 0 Å². The Balaban J connectivity index is 0.00000274. The fourth-order valence-electron chi connectivity index (χ4n) is 4.39. The average Bonchev–Trinajstić information content (AvgIpc) is 3.47. The molecule has 6 heteroatoms. The van der Waals surface area contributed by atoms with E-state index in [1.54, 1.807) is 0 Å². The minimum absolute atomic E-state index is 0.